The zero-order chi connectivity index (χ0) is 22.3. The van der Waals surface area contributed by atoms with Crippen molar-refractivity contribution in [2.75, 3.05) is 0 Å². The van der Waals surface area contributed by atoms with Gasteiger partial charge < -0.3 is 4.52 Å². The molecule has 0 aliphatic carbocycles. The molecule has 0 saturated carbocycles. The average molecular weight is 438 g/mol. The summed E-state index contributed by atoms with van der Waals surface area (Å²) in [6, 6.07) is 10.8. The van der Waals surface area contributed by atoms with Crippen molar-refractivity contribution in [1.29, 1.82) is 0 Å². The van der Waals surface area contributed by atoms with Gasteiger partial charge in [0.15, 0.2) is 0 Å². The second-order valence-corrected chi connectivity index (χ2v) is 9.22. The van der Waals surface area contributed by atoms with Gasteiger partial charge in [0.2, 0.25) is 10.0 Å². The van der Waals surface area contributed by atoms with Crippen LogP contribution < -0.4 is 4.72 Å². The Morgan fingerprint density at radius 3 is 2.20 bits per heavy atom. The molecule has 0 radical (unpaired) electrons. The summed E-state index contributed by atoms with van der Waals surface area (Å²) in [7, 11) is -4.21. The number of alkyl halides is 3. The molecule has 1 N–H and O–H groups in total. The van der Waals surface area contributed by atoms with Crippen LogP contribution in [-0.2, 0) is 21.7 Å². The van der Waals surface area contributed by atoms with Crippen molar-refractivity contribution < 1.29 is 26.1 Å². The highest BCUT2D eigenvalue weighted by Gasteiger charge is 2.33. The smallest absolute Gasteiger partial charge is 0.361 e. The first-order chi connectivity index (χ1) is 13.8. The quantitative estimate of drug-likeness (QED) is 0.595. The van der Waals surface area contributed by atoms with Crippen LogP contribution in [0.5, 0.6) is 0 Å². The fourth-order valence-corrected chi connectivity index (χ4v) is 4.70. The Morgan fingerprint density at radius 2 is 1.60 bits per heavy atom. The summed E-state index contributed by atoms with van der Waals surface area (Å²) in [6.07, 6.45) is -4.64. The number of hydrogen-bond donors (Lipinski definition) is 1. The van der Waals surface area contributed by atoms with Crippen molar-refractivity contribution >= 4 is 10.0 Å². The van der Waals surface area contributed by atoms with Gasteiger partial charge in [0.05, 0.1) is 21.7 Å². The topological polar surface area (TPSA) is 72.2 Å². The second-order valence-electron chi connectivity index (χ2n) is 7.54. The van der Waals surface area contributed by atoms with E-state index in [1.807, 2.05) is 6.07 Å². The molecule has 1 heterocycles. The molecule has 2 aromatic carbocycles. The second kappa shape index (κ2) is 7.55. The zero-order valence-corrected chi connectivity index (χ0v) is 17.6. The normalized spacial score (nSPS) is 12.9. The highest BCUT2D eigenvalue weighted by Crippen LogP contribution is 2.33. The molecule has 0 fully saturated rings. The van der Waals surface area contributed by atoms with Crippen molar-refractivity contribution in [3.63, 3.8) is 0 Å². The number of halogens is 3. The number of nitrogens with zero attached hydrogens (tertiary/aromatic N) is 1. The number of hydrogen-bond acceptors (Lipinski definition) is 4. The summed E-state index contributed by atoms with van der Waals surface area (Å²) in [4.78, 5) is -0.452. The average Bonchev–Trinajstić information content (AvgIpc) is 2.99. The van der Waals surface area contributed by atoms with E-state index >= 15 is 0 Å². The van der Waals surface area contributed by atoms with Gasteiger partial charge in [-0.2, -0.15) is 13.2 Å². The first-order valence-electron chi connectivity index (χ1n) is 9.06. The number of nitrogens with one attached hydrogen (secondary N) is 1. The van der Waals surface area contributed by atoms with E-state index in [-0.39, 0.29) is 0 Å². The van der Waals surface area contributed by atoms with Gasteiger partial charge in [-0.15, -0.1) is 0 Å². The van der Waals surface area contributed by atoms with Crippen LogP contribution in [-0.4, -0.2) is 13.6 Å². The van der Waals surface area contributed by atoms with Crippen molar-refractivity contribution in [2.45, 2.75) is 44.3 Å². The van der Waals surface area contributed by atoms with Gasteiger partial charge >= 0.3 is 6.18 Å². The van der Waals surface area contributed by atoms with E-state index < -0.39 is 32.2 Å². The number of benzene rings is 2. The Balaban J connectivity index is 1.96. The summed E-state index contributed by atoms with van der Waals surface area (Å²) in [5.41, 5.74) is 0.830. The van der Waals surface area contributed by atoms with Crippen LogP contribution in [0, 0.1) is 13.8 Å². The predicted molar refractivity (Wildman–Crippen MR) is 106 cm³/mol. The summed E-state index contributed by atoms with van der Waals surface area (Å²) in [6.45, 7) is 6.87. The van der Waals surface area contributed by atoms with E-state index in [4.69, 9.17) is 4.52 Å². The summed E-state index contributed by atoms with van der Waals surface area (Å²) < 4.78 is 72.3. The molecule has 0 bridgehead atoms. The van der Waals surface area contributed by atoms with Crippen LogP contribution in [0.15, 0.2) is 57.9 Å². The van der Waals surface area contributed by atoms with Crippen molar-refractivity contribution in [3.8, 4) is 11.1 Å². The van der Waals surface area contributed by atoms with Gasteiger partial charge in [-0.25, -0.2) is 13.1 Å². The SMILES string of the molecule is Cc1noc(C)c1-c1cccc(C(C)(C)NS(=O)(=O)c2cccc(C(F)(F)F)c2)c1. The molecule has 0 atom stereocenters. The van der Waals surface area contributed by atoms with Gasteiger partial charge in [-0.05, 0) is 63.1 Å². The molecule has 9 heteroatoms. The minimum absolute atomic E-state index is 0.452. The van der Waals surface area contributed by atoms with E-state index in [0.29, 0.717) is 23.1 Å². The third-order valence-corrected chi connectivity index (χ3v) is 6.42. The van der Waals surface area contributed by atoms with Crippen LogP contribution >= 0.6 is 0 Å². The lowest BCUT2D eigenvalue weighted by molar-refractivity contribution is -0.137. The van der Waals surface area contributed by atoms with E-state index in [0.717, 1.165) is 29.3 Å². The van der Waals surface area contributed by atoms with Crippen LogP contribution in [0.25, 0.3) is 11.1 Å². The van der Waals surface area contributed by atoms with Crippen LogP contribution in [0.2, 0.25) is 0 Å². The number of rotatable bonds is 5. The minimum Gasteiger partial charge on any atom is -0.361 e. The van der Waals surface area contributed by atoms with Gasteiger partial charge in [0.1, 0.15) is 5.76 Å². The molecule has 0 unspecified atom stereocenters. The Bertz CT molecular complexity index is 1160. The maximum absolute atomic E-state index is 13.0. The molecule has 0 aliphatic heterocycles. The first-order valence-corrected chi connectivity index (χ1v) is 10.5. The van der Waals surface area contributed by atoms with Crippen molar-refractivity contribution in [1.82, 2.24) is 9.88 Å². The fraction of sp³-hybridized carbons (Fsp3) is 0.286. The molecular weight excluding hydrogens is 417 g/mol. The molecular formula is C21H21F3N2O3S. The molecule has 5 nitrogen and oxygen atoms in total. The lowest BCUT2D eigenvalue weighted by Gasteiger charge is -2.27. The Hall–Kier alpha value is -2.65. The predicted octanol–water partition coefficient (Wildman–Crippen LogP) is 5.19. The molecule has 160 valence electrons. The van der Waals surface area contributed by atoms with Crippen LogP contribution in [0.1, 0.15) is 36.4 Å². The highest BCUT2D eigenvalue weighted by molar-refractivity contribution is 7.89. The maximum atomic E-state index is 13.0. The number of aryl methyl sites for hydroxylation is 2. The minimum atomic E-state index is -4.64. The zero-order valence-electron chi connectivity index (χ0n) is 16.8. The number of sulfonamides is 1. The maximum Gasteiger partial charge on any atom is 0.416 e. The molecule has 3 rings (SSSR count). The Morgan fingerprint density at radius 1 is 0.967 bits per heavy atom. The van der Waals surface area contributed by atoms with Gasteiger partial charge in [0, 0.05) is 5.56 Å². The standard InChI is InChI=1S/C21H21F3N2O3S/c1-13-19(14(2)29-25-13)15-7-5-8-16(11-15)20(3,4)26-30(27,28)18-10-6-9-17(12-18)21(22,23)24/h5-12,26H,1-4H3. The lowest BCUT2D eigenvalue weighted by atomic mass is 9.92. The van der Waals surface area contributed by atoms with E-state index in [1.54, 1.807) is 45.9 Å². The Labute approximate surface area is 173 Å². The third-order valence-electron chi connectivity index (χ3n) is 4.77. The van der Waals surface area contributed by atoms with Gasteiger partial charge in [0.25, 0.3) is 0 Å². The molecule has 1 aromatic heterocycles. The molecule has 0 saturated heterocycles. The lowest BCUT2D eigenvalue weighted by Crippen LogP contribution is -2.41. The summed E-state index contributed by atoms with van der Waals surface area (Å²) in [5.74, 6) is 0.631. The van der Waals surface area contributed by atoms with E-state index in [9.17, 15) is 21.6 Å². The molecule has 3 aromatic rings. The molecule has 0 spiro atoms. The van der Waals surface area contributed by atoms with E-state index in [1.165, 1.54) is 0 Å². The first kappa shape index (κ1) is 22.0. The largest absolute Gasteiger partial charge is 0.416 e. The van der Waals surface area contributed by atoms with Gasteiger partial charge in [-0.3, -0.25) is 0 Å². The molecule has 30 heavy (non-hydrogen) atoms. The van der Waals surface area contributed by atoms with E-state index in [2.05, 4.69) is 9.88 Å². The van der Waals surface area contributed by atoms with Crippen LogP contribution in [0.4, 0.5) is 13.2 Å². The van der Waals surface area contributed by atoms with Crippen molar-refractivity contribution in [2.24, 2.45) is 0 Å². The van der Waals surface area contributed by atoms with Crippen LogP contribution in [0.3, 0.4) is 0 Å². The monoisotopic (exact) mass is 438 g/mol. The fourth-order valence-electron chi connectivity index (χ4n) is 3.25. The highest BCUT2D eigenvalue weighted by atomic mass is 32.2. The molecule has 0 aliphatic rings. The number of aromatic nitrogens is 1. The molecule has 0 amide bonds. The van der Waals surface area contributed by atoms with Gasteiger partial charge in [-0.1, -0.05) is 29.4 Å². The summed E-state index contributed by atoms with van der Waals surface area (Å²) >= 11 is 0. The summed E-state index contributed by atoms with van der Waals surface area (Å²) in [5, 5.41) is 3.93. The third kappa shape index (κ3) is 4.41. The Kier molecular flexibility index (Phi) is 5.55. The van der Waals surface area contributed by atoms with Crippen molar-refractivity contribution in [3.05, 3.63) is 71.1 Å².